The number of aromatic hydroxyl groups is 1. The quantitative estimate of drug-likeness (QED) is 0.833. The van der Waals surface area contributed by atoms with Gasteiger partial charge in [-0.2, -0.15) is 0 Å². The van der Waals surface area contributed by atoms with E-state index in [1.807, 2.05) is 6.07 Å². The lowest BCUT2D eigenvalue weighted by Crippen LogP contribution is -2.34. The number of phenolic OH excluding ortho intramolecular Hbond substituents is 1. The van der Waals surface area contributed by atoms with E-state index in [0.717, 1.165) is 24.8 Å². The summed E-state index contributed by atoms with van der Waals surface area (Å²) in [6, 6.07) is 9.58. The summed E-state index contributed by atoms with van der Waals surface area (Å²) in [5, 5.41) is 9.82. The summed E-state index contributed by atoms with van der Waals surface area (Å²) >= 11 is 0. The van der Waals surface area contributed by atoms with Crippen molar-refractivity contribution in [2.45, 2.75) is 45.1 Å². The minimum atomic E-state index is -0.612. The Morgan fingerprint density at radius 1 is 1.08 bits per heavy atom. The van der Waals surface area contributed by atoms with Crippen LogP contribution in [-0.2, 0) is 12.8 Å². The van der Waals surface area contributed by atoms with Gasteiger partial charge in [0.05, 0.1) is 0 Å². The highest BCUT2D eigenvalue weighted by Crippen LogP contribution is 2.37. The Balaban J connectivity index is 1.77. The van der Waals surface area contributed by atoms with Gasteiger partial charge in [-0.25, -0.2) is 8.78 Å². The molecule has 1 aliphatic heterocycles. The van der Waals surface area contributed by atoms with E-state index in [-0.39, 0.29) is 17.7 Å². The lowest BCUT2D eigenvalue weighted by Gasteiger charge is -2.34. The summed E-state index contributed by atoms with van der Waals surface area (Å²) < 4.78 is 33.5. The summed E-state index contributed by atoms with van der Waals surface area (Å²) in [6.45, 7) is 2.12. The van der Waals surface area contributed by atoms with E-state index >= 15 is 0 Å². The summed E-state index contributed by atoms with van der Waals surface area (Å²) in [7, 11) is 0. The molecule has 2 atom stereocenters. The van der Waals surface area contributed by atoms with Crippen molar-refractivity contribution >= 4 is 0 Å². The van der Waals surface area contributed by atoms with Crippen LogP contribution in [0.2, 0.25) is 0 Å². The van der Waals surface area contributed by atoms with Crippen LogP contribution in [-0.4, -0.2) is 11.2 Å². The molecule has 24 heavy (non-hydrogen) atoms. The minimum absolute atomic E-state index is 0.128. The monoisotopic (exact) mass is 332 g/mol. The molecule has 2 unspecified atom stereocenters. The third-order valence-electron chi connectivity index (χ3n) is 4.75. The molecule has 1 N–H and O–H groups in total. The van der Waals surface area contributed by atoms with Crippen molar-refractivity contribution < 1.29 is 18.6 Å². The van der Waals surface area contributed by atoms with E-state index in [4.69, 9.17) is 4.74 Å². The van der Waals surface area contributed by atoms with E-state index in [1.165, 1.54) is 12.1 Å². The summed E-state index contributed by atoms with van der Waals surface area (Å²) in [5.41, 5.74) is 1.48. The van der Waals surface area contributed by atoms with Crippen molar-refractivity contribution in [3.05, 3.63) is 59.2 Å². The van der Waals surface area contributed by atoms with Crippen LogP contribution < -0.4 is 4.74 Å². The number of benzene rings is 2. The molecule has 0 aromatic heterocycles. The SMILES string of the molecule is CCCC1Cc2cccc(F)c2OC1CCc1cccc(F)c1O. The highest BCUT2D eigenvalue weighted by atomic mass is 19.1. The van der Waals surface area contributed by atoms with Gasteiger partial charge in [0.2, 0.25) is 0 Å². The first kappa shape index (κ1) is 16.7. The van der Waals surface area contributed by atoms with Crippen molar-refractivity contribution in [1.29, 1.82) is 0 Å². The smallest absolute Gasteiger partial charge is 0.165 e. The van der Waals surface area contributed by atoms with Crippen molar-refractivity contribution in [1.82, 2.24) is 0 Å². The molecule has 0 saturated heterocycles. The number of hydrogen-bond acceptors (Lipinski definition) is 2. The molecule has 1 heterocycles. The van der Waals surface area contributed by atoms with Gasteiger partial charge < -0.3 is 9.84 Å². The van der Waals surface area contributed by atoms with Crippen molar-refractivity contribution in [3.8, 4) is 11.5 Å². The highest BCUT2D eigenvalue weighted by molar-refractivity contribution is 5.38. The predicted octanol–water partition coefficient (Wildman–Crippen LogP) is 5.02. The molecule has 0 fully saturated rings. The molecule has 0 spiro atoms. The molecule has 128 valence electrons. The van der Waals surface area contributed by atoms with E-state index < -0.39 is 5.82 Å². The van der Waals surface area contributed by atoms with Gasteiger partial charge in [-0.1, -0.05) is 37.6 Å². The largest absolute Gasteiger partial charge is 0.505 e. The summed E-state index contributed by atoms with van der Waals surface area (Å²) in [5.74, 6) is -0.593. The summed E-state index contributed by atoms with van der Waals surface area (Å²) in [6.07, 6.45) is 3.81. The average molecular weight is 332 g/mol. The van der Waals surface area contributed by atoms with Crippen LogP contribution in [0.4, 0.5) is 8.78 Å². The molecule has 1 aliphatic rings. The molecule has 0 aliphatic carbocycles. The van der Waals surface area contributed by atoms with Crippen molar-refractivity contribution in [3.63, 3.8) is 0 Å². The fraction of sp³-hybridized carbons (Fsp3) is 0.400. The topological polar surface area (TPSA) is 29.5 Å². The third kappa shape index (κ3) is 3.37. The van der Waals surface area contributed by atoms with Gasteiger partial charge in [-0.05, 0) is 48.9 Å². The Hall–Kier alpha value is -2.10. The predicted molar refractivity (Wildman–Crippen MR) is 89.3 cm³/mol. The van der Waals surface area contributed by atoms with Crippen LogP contribution in [0.25, 0.3) is 0 Å². The second-order valence-electron chi connectivity index (χ2n) is 6.42. The maximum Gasteiger partial charge on any atom is 0.165 e. The Kier molecular flexibility index (Phi) is 5.03. The van der Waals surface area contributed by atoms with Gasteiger partial charge in [0, 0.05) is 5.92 Å². The normalized spacial score (nSPS) is 19.6. The first-order valence-electron chi connectivity index (χ1n) is 8.50. The van der Waals surface area contributed by atoms with Crippen LogP contribution >= 0.6 is 0 Å². The van der Waals surface area contributed by atoms with E-state index in [1.54, 1.807) is 18.2 Å². The maximum absolute atomic E-state index is 14.0. The molecular weight excluding hydrogens is 310 g/mol. The first-order chi connectivity index (χ1) is 11.6. The molecule has 2 nitrogen and oxygen atoms in total. The fourth-order valence-corrected chi connectivity index (χ4v) is 3.52. The van der Waals surface area contributed by atoms with Gasteiger partial charge in [-0.15, -0.1) is 0 Å². The molecule has 2 aromatic carbocycles. The Labute approximate surface area is 141 Å². The average Bonchev–Trinajstić information content (AvgIpc) is 2.57. The molecule has 2 aromatic rings. The van der Waals surface area contributed by atoms with Gasteiger partial charge in [0.15, 0.2) is 23.1 Å². The van der Waals surface area contributed by atoms with E-state index in [2.05, 4.69) is 6.92 Å². The second-order valence-corrected chi connectivity index (χ2v) is 6.42. The molecule has 0 saturated carbocycles. The van der Waals surface area contributed by atoms with Crippen LogP contribution in [0.1, 0.15) is 37.3 Å². The number of aryl methyl sites for hydroxylation is 1. The number of para-hydroxylation sites is 2. The number of rotatable bonds is 5. The highest BCUT2D eigenvalue weighted by Gasteiger charge is 2.31. The number of hydrogen-bond donors (Lipinski definition) is 1. The Bertz CT molecular complexity index is 715. The number of halogens is 2. The Morgan fingerprint density at radius 3 is 2.62 bits per heavy atom. The summed E-state index contributed by atoms with van der Waals surface area (Å²) in [4.78, 5) is 0. The lowest BCUT2D eigenvalue weighted by molar-refractivity contribution is 0.0931. The number of fused-ring (bicyclic) bond motifs is 1. The maximum atomic E-state index is 14.0. The van der Waals surface area contributed by atoms with Gasteiger partial charge >= 0.3 is 0 Å². The number of ether oxygens (including phenoxy) is 1. The zero-order valence-corrected chi connectivity index (χ0v) is 13.8. The van der Waals surface area contributed by atoms with Crippen LogP contribution in [0.5, 0.6) is 11.5 Å². The first-order valence-corrected chi connectivity index (χ1v) is 8.50. The standard InChI is InChI=1S/C20H22F2O2/c1-2-5-14-12-15-7-4-9-17(22)20(15)24-18(14)11-10-13-6-3-8-16(21)19(13)23/h3-4,6-9,14,18,23H,2,5,10-12H2,1H3. The van der Waals surface area contributed by atoms with Crippen LogP contribution in [0, 0.1) is 17.6 Å². The molecular formula is C20H22F2O2. The molecule has 0 bridgehead atoms. The number of phenols is 1. The third-order valence-corrected chi connectivity index (χ3v) is 4.75. The Morgan fingerprint density at radius 2 is 1.83 bits per heavy atom. The van der Waals surface area contributed by atoms with E-state index in [0.29, 0.717) is 30.1 Å². The lowest BCUT2D eigenvalue weighted by atomic mass is 9.84. The zero-order chi connectivity index (χ0) is 17.1. The minimum Gasteiger partial charge on any atom is -0.505 e. The van der Waals surface area contributed by atoms with Gasteiger partial charge in [0.25, 0.3) is 0 Å². The molecule has 3 rings (SSSR count). The zero-order valence-electron chi connectivity index (χ0n) is 13.8. The molecule has 0 amide bonds. The van der Waals surface area contributed by atoms with Gasteiger partial charge in [0.1, 0.15) is 6.10 Å². The second kappa shape index (κ2) is 7.20. The van der Waals surface area contributed by atoms with Crippen LogP contribution in [0.3, 0.4) is 0 Å². The van der Waals surface area contributed by atoms with Crippen molar-refractivity contribution in [2.75, 3.05) is 0 Å². The van der Waals surface area contributed by atoms with Crippen LogP contribution in [0.15, 0.2) is 36.4 Å². The fourth-order valence-electron chi connectivity index (χ4n) is 3.52. The van der Waals surface area contributed by atoms with Crippen molar-refractivity contribution in [2.24, 2.45) is 5.92 Å². The molecule has 0 radical (unpaired) electrons. The van der Waals surface area contributed by atoms with Gasteiger partial charge in [-0.3, -0.25) is 0 Å². The van der Waals surface area contributed by atoms with E-state index in [9.17, 15) is 13.9 Å². The molecule has 4 heteroatoms.